The molecule has 0 amide bonds. The molecule has 0 saturated carbocycles. The van der Waals surface area contributed by atoms with Crippen LogP contribution in [0.25, 0.3) is 11.3 Å². The maximum absolute atomic E-state index is 6.03. The molecule has 1 heterocycles. The lowest BCUT2D eigenvalue weighted by molar-refractivity contribution is 0.187. The first-order valence-electron chi connectivity index (χ1n) is 5.08. The summed E-state index contributed by atoms with van der Waals surface area (Å²) in [6.07, 6.45) is 1.79. The second kappa shape index (κ2) is 5.14. The lowest BCUT2D eigenvalue weighted by Gasteiger charge is -2.08. The number of methoxy groups -OCH3 is 1. The predicted octanol–water partition coefficient (Wildman–Crippen LogP) is 2.85. The van der Waals surface area contributed by atoms with E-state index in [9.17, 15) is 0 Å². The van der Waals surface area contributed by atoms with E-state index >= 15 is 0 Å². The fraction of sp³-hybridized carbons (Fsp3) is 0.250. The Morgan fingerprint density at radius 2 is 2.06 bits per heavy atom. The number of rotatable bonds is 4. The van der Waals surface area contributed by atoms with E-state index in [2.05, 4.69) is 4.98 Å². The highest BCUT2D eigenvalue weighted by Gasteiger charge is 2.08. The molecule has 2 rings (SSSR count). The van der Waals surface area contributed by atoms with Crippen molar-refractivity contribution in [1.82, 2.24) is 9.55 Å². The highest BCUT2D eigenvalue weighted by Crippen LogP contribution is 2.22. The fourth-order valence-corrected chi connectivity index (χ4v) is 1.81. The van der Waals surface area contributed by atoms with Gasteiger partial charge in [0.05, 0.1) is 18.5 Å². The Bertz CT molecular complexity index is 453. The number of hydrogen-bond donors (Lipinski definition) is 0. The number of ether oxygens (including phenoxy) is 1. The van der Waals surface area contributed by atoms with E-state index in [0.717, 1.165) is 11.3 Å². The van der Waals surface area contributed by atoms with Crippen molar-refractivity contribution in [1.29, 1.82) is 0 Å². The van der Waals surface area contributed by atoms with Gasteiger partial charge in [0.2, 0.25) is 5.28 Å². The molecule has 0 radical (unpaired) electrons. The van der Waals surface area contributed by atoms with Crippen LogP contribution in [0.1, 0.15) is 0 Å². The van der Waals surface area contributed by atoms with Gasteiger partial charge in [0.15, 0.2) is 0 Å². The summed E-state index contributed by atoms with van der Waals surface area (Å²) in [5.74, 6) is 0. The zero-order chi connectivity index (χ0) is 11.4. The molecule has 0 saturated heterocycles. The molecular weight excluding hydrogens is 224 g/mol. The normalized spacial score (nSPS) is 10.6. The van der Waals surface area contributed by atoms with E-state index in [4.69, 9.17) is 16.3 Å². The molecule has 3 nitrogen and oxygen atoms in total. The first-order chi connectivity index (χ1) is 7.83. The summed E-state index contributed by atoms with van der Waals surface area (Å²) in [5, 5.41) is 0.496. The molecule has 0 aliphatic heterocycles. The van der Waals surface area contributed by atoms with Crippen LogP contribution in [0.15, 0.2) is 36.5 Å². The largest absolute Gasteiger partial charge is 0.383 e. The van der Waals surface area contributed by atoms with Crippen LogP contribution in [0.4, 0.5) is 0 Å². The summed E-state index contributed by atoms with van der Waals surface area (Å²) in [5.41, 5.74) is 2.13. The van der Waals surface area contributed by atoms with Crippen LogP contribution in [-0.2, 0) is 11.3 Å². The van der Waals surface area contributed by atoms with Gasteiger partial charge in [0.25, 0.3) is 0 Å². The van der Waals surface area contributed by atoms with Gasteiger partial charge in [0, 0.05) is 13.7 Å². The van der Waals surface area contributed by atoms with Gasteiger partial charge in [-0.3, -0.25) is 0 Å². The van der Waals surface area contributed by atoms with Gasteiger partial charge in [0.1, 0.15) is 0 Å². The Labute approximate surface area is 99.6 Å². The topological polar surface area (TPSA) is 27.1 Å². The molecule has 16 heavy (non-hydrogen) atoms. The zero-order valence-electron chi connectivity index (χ0n) is 9.06. The number of benzene rings is 1. The van der Waals surface area contributed by atoms with Crippen LogP contribution < -0.4 is 0 Å². The van der Waals surface area contributed by atoms with Crippen molar-refractivity contribution in [2.24, 2.45) is 0 Å². The summed E-state index contributed by atoms with van der Waals surface area (Å²) in [4.78, 5) is 4.12. The fourth-order valence-electron chi connectivity index (χ4n) is 1.59. The molecule has 0 bridgehead atoms. The van der Waals surface area contributed by atoms with E-state index in [-0.39, 0.29) is 0 Å². The number of aromatic nitrogens is 2. The van der Waals surface area contributed by atoms with Crippen LogP contribution in [0.3, 0.4) is 0 Å². The molecule has 0 unspecified atom stereocenters. The SMILES string of the molecule is COCCn1c(-c2ccccc2)cnc1Cl. The predicted molar refractivity (Wildman–Crippen MR) is 64.5 cm³/mol. The number of nitrogens with zero attached hydrogens (tertiary/aromatic N) is 2. The maximum atomic E-state index is 6.03. The molecule has 0 atom stereocenters. The first-order valence-corrected chi connectivity index (χ1v) is 5.46. The number of imidazole rings is 1. The summed E-state index contributed by atoms with van der Waals surface area (Å²) < 4.78 is 7.00. The standard InChI is InChI=1S/C12H13ClN2O/c1-16-8-7-15-11(9-14-12(15)13)10-5-3-2-4-6-10/h2-6,9H,7-8H2,1H3. The summed E-state index contributed by atoms with van der Waals surface area (Å²) in [7, 11) is 1.67. The molecule has 0 spiro atoms. The van der Waals surface area contributed by atoms with E-state index < -0.39 is 0 Å². The van der Waals surface area contributed by atoms with Crippen LogP contribution in [-0.4, -0.2) is 23.3 Å². The molecular formula is C12H13ClN2O. The molecule has 0 N–H and O–H groups in total. The molecule has 1 aromatic heterocycles. The molecule has 2 aromatic rings. The minimum absolute atomic E-state index is 0.496. The van der Waals surface area contributed by atoms with Crippen LogP contribution in [0, 0.1) is 0 Å². The third-order valence-corrected chi connectivity index (χ3v) is 2.70. The van der Waals surface area contributed by atoms with Gasteiger partial charge in [-0.25, -0.2) is 4.98 Å². The van der Waals surface area contributed by atoms with E-state index in [1.54, 1.807) is 13.3 Å². The second-order valence-corrected chi connectivity index (χ2v) is 3.76. The maximum Gasteiger partial charge on any atom is 0.203 e. The number of hydrogen-bond acceptors (Lipinski definition) is 2. The van der Waals surface area contributed by atoms with Gasteiger partial charge < -0.3 is 9.30 Å². The van der Waals surface area contributed by atoms with Crippen molar-refractivity contribution in [3.63, 3.8) is 0 Å². The molecule has 4 heteroatoms. The van der Waals surface area contributed by atoms with E-state index in [1.807, 2.05) is 34.9 Å². The lowest BCUT2D eigenvalue weighted by atomic mass is 10.2. The van der Waals surface area contributed by atoms with Gasteiger partial charge in [-0.1, -0.05) is 30.3 Å². The van der Waals surface area contributed by atoms with Crippen molar-refractivity contribution in [2.45, 2.75) is 6.54 Å². The van der Waals surface area contributed by atoms with Crippen LogP contribution in [0.2, 0.25) is 5.28 Å². The minimum Gasteiger partial charge on any atom is -0.383 e. The van der Waals surface area contributed by atoms with E-state index in [0.29, 0.717) is 18.4 Å². The summed E-state index contributed by atoms with van der Waals surface area (Å²) in [6.45, 7) is 1.33. The van der Waals surface area contributed by atoms with Crippen molar-refractivity contribution in [2.75, 3.05) is 13.7 Å². The zero-order valence-corrected chi connectivity index (χ0v) is 9.81. The average Bonchev–Trinajstić information content (AvgIpc) is 2.69. The molecule has 1 aromatic carbocycles. The Balaban J connectivity index is 2.34. The van der Waals surface area contributed by atoms with Gasteiger partial charge >= 0.3 is 0 Å². The van der Waals surface area contributed by atoms with Gasteiger partial charge in [-0.2, -0.15) is 0 Å². The van der Waals surface area contributed by atoms with Gasteiger partial charge in [-0.15, -0.1) is 0 Å². The Hall–Kier alpha value is -1.32. The molecule has 84 valence electrons. The molecule has 0 fully saturated rings. The summed E-state index contributed by atoms with van der Waals surface area (Å²) in [6, 6.07) is 10.1. The Kier molecular flexibility index (Phi) is 3.59. The lowest BCUT2D eigenvalue weighted by Crippen LogP contribution is -2.05. The summed E-state index contributed by atoms with van der Waals surface area (Å²) >= 11 is 6.03. The average molecular weight is 237 g/mol. The van der Waals surface area contributed by atoms with Crippen LogP contribution >= 0.6 is 11.6 Å². The van der Waals surface area contributed by atoms with Crippen molar-refractivity contribution in [3.8, 4) is 11.3 Å². The first kappa shape index (κ1) is 11.2. The van der Waals surface area contributed by atoms with Crippen molar-refractivity contribution < 1.29 is 4.74 Å². The third kappa shape index (κ3) is 2.26. The highest BCUT2D eigenvalue weighted by molar-refractivity contribution is 6.28. The Morgan fingerprint density at radius 1 is 1.31 bits per heavy atom. The molecule has 0 aliphatic rings. The molecule has 0 aliphatic carbocycles. The van der Waals surface area contributed by atoms with Crippen molar-refractivity contribution >= 4 is 11.6 Å². The second-order valence-electron chi connectivity index (χ2n) is 3.42. The quantitative estimate of drug-likeness (QED) is 0.816. The smallest absolute Gasteiger partial charge is 0.203 e. The van der Waals surface area contributed by atoms with Crippen molar-refractivity contribution in [3.05, 3.63) is 41.8 Å². The van der Waals surface area contributed by atoms with Gasteiger partial charge in [-0.05, 0) is 17.2 Å². The number of halogens is 1. The third-order valence-electron chi connectivity index (χ3n) is 2.40. The van der Waals surface area contributed by atoms with E-state index in [1.165, 1.54) is 0 Å². The highest BCUT2D eigenvalue weighted by atomic mass is 35.5. The Morgan fingerprint density at radius 3 is 2.75 bits per heavy atom. The van der Waals surface area contributed by atoms with Crippen LogP contribution in [0.5, 0.6) is 0 Å². The minimum atomic E-state index is 0.496. The monoisotopic (exact) mass is 236 g/mol.